The van der Waals surface area contributed by atoms with Crippen molar-refractivity contribution < 1.29 is 13.7 Å². The molecule has 0 radical (unpaired) electrons. The van der Waals surface area contributed by atoms with Gasteiger partial charge in [0.2, 0.25) is 6.79 Å². The summed E-state index contributed by atoms with van der Waals surface area (Å²) in [5.74, 6) is 2.28. The van der Waals surface area contributed by atoms with E-state index in [2.05, 4.69) is 5.32 Å². The molecular weight excluding hydrogens is 238 g/mol. The van der Waals surface area contributed by atoms with E-state index < -0.39 is 10.8 Å². The molecule has 0 aliphatic carbocycles. The molecule has 2 atom stereocenters. The van der Waals surface area contributed by atoms with Crippen molar-refractivity contribution in [2.75, 3.05) is 18.8 Å². The fourth-order valence-corrected chi connectivity index (χ4v) is 2.58. The van der Waals surface area contributed by atoms with Gasteiger partial charge in [0.1, 0.15) is 0 Å². The maximum absolute atomic E-state index is 11.1. The van der Waals surface area contributed by atoms with Crippen LogP contribution < -0.4 is 14.8 Å². The Morgan fingerprint density at radius 1 is 1.41 bits per heavy atom. The lowest BCUT2D eigenvalue weighted by Gasteiger charge is -2.12. The van der Waals surface area contributed by atoms with Gasteiger partial charge in [0, 0.05) is 35.4 Å². The zero-order chi connectivity index (χ0) is 12.3. The molecule has 4 nitrogen and oxygen atoms in total. The fourth-order valence-electron chi connectivity index (χ4n) is 1.75. The van der Waals surface area contributed by atoms with E-state index in [1.165, 1.54) is 0 Å². The second kappa shape index (κ2) is 5.51. The van der Waals surface area contributed by atoms with Crippen molar-refractivity contribution in [3.8, 4) is 11.5 Å². The summed E-state index contributed by atoms with van der Waals surface area (Å²) >= 11 is 0. The molecule has 1 aromatic rings. The van der Waals surface area contributed by atoms with Crippen molar-refractivity contribution >= 4 is 10.8 Å². The summed E-state index contributed by atoms with van der Waals surface area (Å²) in [5, 5.41) is 3.33. The number of nitrogens with one attached hydrogen (secondary N) is 1. The molecule has 1 aliphatic heterocycles. The van der Waals surface area contributed by atoms with Gasteiger partial charge in [0.25, 0.3) is 0 Å². The van der Waals surface area contributed by atoms with E-state index in [1.807, 2.05) is 25.1 Å². The molecule has 0 bridgehead atoms. The summed E-state index contributed by atoms with van der Waals surface area (Å²) in [4.78, 5) is 0. The van der Waals surface area contributed by atoms with Gasteiger partial charge in [-0.15, -0.1) is 0 Å². The van der Waals surface area contributed by atoms with E-state index in [1.54, 1.807) is 6.26 Å². The van der Waals surface area contributed by atoms with Crippen LogP contribution in [-0.2, 0) is 17.3 Å². The third-order valence-corrected chi connectivity index (χ3v) is 3.55. The molecule has 0 spiro atoms. The van der Waals surface area contributed by atoms with Crippen LogP contribution in [0.2, 0.25) is 0 Å². The van der Waals surface area contributed by atoms with E-state index in [9.17, 15) is 4.21 Å². The third kappa shape index (κ3) is 3.44. The van der Waals surface area contributed by atoms with Crippen LogP contribution in [0.15, 0.2) is 18.2 Å². The number of benzene rings is 1. The Hall–Kier alpha value is -1.07. The predicted octanol–water partition coefficient (Wildman–Crippen LogP) is 1.27. The Kier molecular flexibility index (Phi) is 4.02. The van der Waals surface area contributed by atoms with Crippen LogP contribution in [0.25, 0.3) is 0 Å². The molecule has 0 fully saturated rings. The quantitative estimate of drug-likeness (QED) is 0.861. The Labute approximate surface area is 104 Å². The summed E-state index contributed by atoms with van der Waals surface area (Å²) in [6, 6.07) is 6.15. The second-order valence-electron chi connectivity index (χ2n) is 4.21. The van der Waals surface area contributed by atoms with Crippen molar-refractivity contribution in [3.63, 3.8) is 0 Å². The molecule has 1 aliphatic rings. The smallest absolute Gasteiger partial charge is 0.231 e. The number of hydrogen-bond donors (Lipinski definition) is 1. The summed E-state index contributed by atoms with van der Waals surface area (Å²) < 4.78 is 21.6. The van der Waals surface area contributed by atoms with E-state index in [-0.39, 0.29) is 6.04 Å². The van der Waals surface area contributed by atoms with Crippen molar-refractivity contribution in [1.29, 1.82) is 0 Å². The standard InChI is InChI=1S/C12H17NO3S/c1-9(7-17(2)14)13-6-10-3-4-11-12(5-10)16-8-15-11/h3-5,9,13H,6-8H2,1-2H3. The Morgan fingerprint density at radius 2 is 2.18 bits per heavy atom. The highest BCUT2D eigenvalue weighted by Gasteiger charge is 2.13. The van der Waals surface area contributed by atoms with Gasteiger partial charge >= 0.3 is 0 Å². The summed E-state index contributed by atoms with van der Waals surface area (Å²) in [7, 11) is -0.760. The maximum atomic E-state index is 11.1. The van der Waals surface area contributed by atoms with Gasteiger partial charge in [0.15, 0.2) is 11.5 Å². The number of fused-ring (bicyclic) bond motifs is 1. The van der Waals surface area contributed by atoms with Gasteiger partial charge in [-0.25, -0.2) is 0 Å². The van der Waals surface area contributed by atoms with Crippen LogP contribution in [0, 0.1) is 0 Å². The van der Waals surface area contributed by atoms with Gasteiger partial charge < -0.3 is 14.8 Å². The average Bonchev–Trinajstić information content (AvgIpc) is 2.72. The zero-order valence-corrected chi connectivity index (χ0v) is 10.9. The molecule has 0 amide bonds. The highest BCUT2D eigenvalue weighted by Crippen LogP contribution is 2.32. The monoisotopic (exact) mass is 255 g/mol. The molecule has 94 valence electrons. The van der Waals surface area contributed by atoms with Crippen LogP contribution >= 0.6 is 0 Å². The molecular formula is C12H17NO3S. The predicted molar refractivity (Wildman–Crippen MR) is 67.8 cm³/mol. The molecule has 2 unspecified atom stereocenters. The number of ether oxygens (including phenoxy) is 2. The first kappa shape index (κ1) is 12.4. The van der Waals surface area contributed by atoms with Crippen LogP contribution in [0.4, 0.5) is 0 Å². The van der Waals surface area contributed by atoms with Gasteiger partial charge in [-0.3, -0.25) is 4.21 Å². The first-order chi connectivity index (χ1) is 8.15. The lowest BCUT2D eigenvalue weighted by molar-refractivity contribution is 0.174. The first-order valence-electron chi connectivity index (χ1n) is 5.57. The maximum Gasteiger partial charge on any atom is 0.231 e. The minimum Gasteiger partial charge on any atom is -0.454 e. The van der Waals surface area contributed by atoms with E-state index in [0.29, 0.717) is 12.5 Å². The molecule has 1 aromatic carbocycles. The largest absolute Gasteiger partial charge is 0.454 e. The van der Waals surface area contributed by atoms with E-state index >= 15 is 0 Å². The fraction of sp³-hybridized carbons (Fsp3) is 0.500. The minimum atomic E-state index is -0.760. The molecule has 1 heterocycles. The Bertz CT molecular complexity index is 422. The first-order valence-corrected chi connectivity index (χ1v) is 7.30. The van der Waals surface area contributed by atoms with Gasteiger partial charge in [-0.2, -0.15) is 0 Å². The summed E-state index contributed by atoms with van der Waals surface area (Å²) in [5.41, 5.74) is 1.14. The highest BCUT2D eigenvalue weighted by molar-refractivity contribution is 7.84. The molecule has 0 saturated carbocycles. The lowest BCUT2D eigenvalue weighted by Crippen LogP contribution is -2.30. The molecule has 0 aromatic heterocycles. The Morgan fingerprint density at radius 3 is 2.94 bits per heavy atom. The lowest BCUT2D eigenvalue weighted by atomic mass is 10.2. The molecule has 1 N–H and O–H groups in total. The third-order valence-electron chi connectivity index (χ3n) is 2.58. The average molecular weight is 255 g/mol. The van der Waals surface area contributed by atoms with Crippen molar-refractivity contribution in [1.82, 2.24) is 5.32 Å². The van der Waals surface area contributed by atoms with E-state index in [0.717, 1.165) is 23.6 Å². The van der Waals surface area contributed by atoms with Gasteiger partial charge in [0.05, 0.1) is 0 Å². The van der Waals surface area contributed by atoms with Crippen LogP contribution in [0.3, 0.4) is 0 Å². The SMILES string of the molecule is CC(CS(C)=O)NCc1ccc2c(c1)OCO2. The van der Waals surface area contributed by atoms with Crippen LogP contribution in [0.5, 0.6) is 11.5 Å². The Balaban J connectivity index is 1.89. The van der Waals surface area contributed by atoms with Crippen molar-refractivity contribution in [2.24, 2.45) is 0 Å². The second-order valence-corrected chi connectivity index (χ2v) is 5.69. The summed E-state index contributed by atoms with van der Waals surface area (Å²) in [6.07, 6.45) is 1.72. The highest BCUT2D eigenvalue weighted by atomic mass is 32.2. The van der Waals surface area contributed by atoms with E-state index in [4.69, 9.17) is 9.47 Å². The topological polar surface area (TPSA) is 47.6 Å². The van der Waals surface area contributed by atoms with Crippen molar-refractivity contribution in [2.45, 2.75) is 19.5 Å². The molecule has 17 heavy (non-hydrogen) atoms. The molecule has 0 saturated heterocycles. The number of hydrogen-bond acceptors (Lipinski definition) is 4. The van der Waals surface area contributed by atoms with Gasteiger partial charge in [-0.1, -0.05) is 6.07 Å². The minimum absolute atomic E-state index is 0.242. The van der Waals surface area contributed by atoms with Gasteiger partial charge in [-0.05, 0) is 24.6 Å². The number of rotatable bonds is 5. The van der Waals surface area contributed by atoms with Crippen LogP contribution in [0.1, 0.15) is 12.5 Å². The van der Waals surface area contributed by atoms with Crippen LogP contribution in [-0.4, -0.2) is 29.1 Å². The molecule has 5 heteroatoms. The van der Waals surface area contributed by atoms with Crippen molar-refractivity contribution in [3.05, 3.63) is 23.8 Å². The zero-order valence-electron chi connectivity index (χ0n) is 10.1. The molecule has 2 rings (SSSR count). The summed E-state index contributed by atoms with van der Waals surface area (Å²) in [6.45, 7) is 3.08. The normalized spacial score (nSPS) is 16.8.